The van der Waals surface area contributed by atoms with Crippen LogP contribution in [0.25, 0.3) is 0 Å². The number of pyridine rings is 1. The van der Waals surface area contributed by atoms with E-state index in [0.29, 0.717) is 30.7 Å². The van der Waals surface area contributed by atoms with Crippen LogP contribution in [0.4, 0.5) is 5.82 Å². The molecule has 0 spiro atoms. The van der Waals surface area contributed by atoms with Gasteiger partial charge in [0.05, 0.1) is 0 Å². The maximum atomic E-state index is 12.0. The Balaban J connectivity index is 2.44. The fourth-order valence-corrected chi connectivity index (χ4v) is 3.12. The fraction of sp³-hybridized carbons (Fsp3) is 0.583. The average Bonchev–Trinajstić information content (AvgIpc) is 2.40. The number of hydrogen-bond donors (Lipinski definition) is 2. The van der Waals surface area contributed by atoms with Crippen molar-refractivity contribution in [3.63, 3.8) is 0 Å². The van der Waals surface area contributed by atoms with Gasteiger partial charge in [-0.3, -0.25) is 0 Å². The van der Waals surface area contributed by atoms with Crippen LogP contribution in [0.3, 0.4) is 0 Å². The van der Waals surface area contributed by atoms with Crippen LogP contribution in [0.1, 0.15) is 26.2 Å². The van der Waals surface area contributed by atoms with Gasteiger partial charge in [-0.05, 0) is 34.8 Å². The summed E-state index contributed by atoms with van der Waals surface area (Å²) in [6.45, 7) is 3.65. The number of ether oxygens (including phenoxy) is 1. The third-order valence-corrected chi connectivity index (χ3v) is 4.46. The zero-order valence-electron chi connectivity index (χ0n) is 11.4. The molecule has 1 rings (SSSR count). The van der Waals surface area contributed by atoms with Gasteiger partial charge < -0.3 is 10.5 Å². The van der Waals surface area contributed by atoms with Crippen LogP contribution < -0.4 is 10.5 Å². The third-order valence-electron chi connectivity index (χ3n) is 2.54. The maximum absolute atomic E-state index is 12.0. The standard InChI is InChI=1S/C12H20BrN3O3S/c1-2-3-6-19-7-4-5-16-20(17,18)11-8-10(13)9-15-12(11)14/h8-9,16H,2-7H2,1H3,(H2,14,15). The largest absolute Gasteiger partial charge is 0.383 e. The summed E-state index contributed by atoms with van der Waals surface area (Å²) < 4.78 is 32.5. The lowest BCUT2D eigenvalue weighted by Gasteiger charge is -2.09. The van der Waals surface area contributed by atoms with Crippen LogP contribution in [0.5, 0.6) is 0 Å². The van der Waals surface area contributed by atoms with Crippen LogP contribution in [-0.4, -0.2) is 33.2 Å². The fourth-order valence-electron chi connectivity index (χ4n) is 1.45. The number of sulfonamides is 1. The van der Waals surface area contributed by atoms with Gasteiger partial charge in [-0.2, -0.15) is 0 Å². The van der Waals surface area contributed by atoms with E-state index < -0.39 is 10.0 Å². The van der Waals surface area contributed by atoms with Crippen LogP contribution >= 0.6 is 15.9 Å². The summed E-state index contributed by atoms with van der Waals surface area (Å²) in [7, 11) is -3.63. The third kappa shape index (κ3) is 5.74. The predicted octanol–water partition coefficient (Wildman–Crippen LogP) is 1.91. The molecule has 0 saturated carbocycles. The molecule has 0 aliphatic heterocycles. The normalized spacial score (nSPS) is 11.7. The molecule has 0 amide bonds. The molecular weight excluding hydrogens is 346 g/mol. The number of rotatable bonds is 9. The second-order valence-corrected chi connectivity index (χ2v) is 6.91. The van der Waals surface area contributed by atoms with Crippen LogP contribution in [0.2, 0.25) is 0 Å². The molecule has 0 aromatic carbocycles. The molecule has 1 aromatic heterocycles. The Kier molecular flexibility index (Phi) is 7.42. The molecule has 0 radical (unpaired) electrons. The SMILES string of the molecule is CCCCOCCCNS(=O)(=O)c1cc(Br)cnc1N. The topological polar surface area (TPSA) is 94.3 Å². The molecule has 114 valence electrons. The highest BCUT2D eigenvalue weighted by Gasteiger charge is 2.18. The summed E-state index contributed by atoms with van der Waals surface area (Å²) in [5.74, 6) is -0.0140. The number of nitrogen functional groups attached to an aromatic ring is 1. The lowest BCUT2D eigenvalue weighted by atomic mass is 10.4. The highest BCUT2D eigenvalue weighted by Crippen LogP contribution is 2.20. The molecule has 0 atom stereocenters. The monoisotopic (exact) mass is 365 g/mol. The highest BCUT2D eigenvalue weighted by molar-refractivity contribution is 9.10. The van der Waals surface area contributed by atoms with Crippen molar-refractivity contribution in [3.05, 3.63) is 16.7 Å². The predicted molar refractivity (Wildman–Crippen MR) is 81.9 cm³/mol. The number of nitrogens with zero attached hydrogens (tertiary/aromatic N) is 1. The van der Waals surface area contributed by atoms with E-state index in [2.05, 4.69) is 32.6 Å². The van der Waals surface area contributed by atoms with Crippen molar-refractivity contribution in [3.8, 4) is 0 Å². The van der Waals surface area contributed by atoms with Gasteiger partial charge >= 0.3 is 0 Å². The van der Waals surface area contributed by atoms with Gasteiger partial charge in [-0.1, -0.05) is 13.3 Å². The van der Waals surface area contributed by atoms with Crippen molar-refractivity contribution < 1.29 is 13.2 Å². The van der Waals surface area contributed by atoms with Gasteiger partial charge in [-0.25, -0.2) is 18.1 Å². The number of unbranched alkanes of at least 4 members (excludes halogenated alkanes) is 1. The van der Waals surface area contributed by atoms with E-state index in [0.717, 1.165) is 12.8 Å². The van der Waals surface area contributed by atoms with E-state index >= 15 is 0 Å². The molecule has 0 aliphatic carbocycles. The van der Waals surface area contributed by atoms with Crippen LogP contribution in [-0.2, 0) is 14.8 Å². The van der Waals surface area contributed by atoms with Gasteiger partial charge in [0.15, 0.2) is 0 Å². The average molecular weight is 366 g/mol. The number of nitrogens with two attached hydrogens (primary N) is 1. The smallest absolute Gasteiger partial charge is 0.244 e. The summed E-state index contributed by atoms with van der Waals surface area (Å²) in [5.41, 5.74) is 5.59. The van der Waals surface area contributed by atoms with E-state index in [1.54, 1.807) is 0 Å². The Morgan fingerprint density at radius 1 is 1.40 bits per heavy atom. The van der Waals surface area contributed by atoms with Crippen LogP contribution in [0.15, 0.2) is 21.6 Å². The first kappa shape index (κ1) is 17.4. The Hall–Kier alpha value is -0.700. The maximum Gasteiger partial charge on any atom is 0.244 e. The Morgan fingerprint density at radius 3 is 2.80 bits per heavy atom. The lowest BCUT2D eigenvalue weighted by Crippen LogP contribution is -2.26. The van der Waals surface area contributed by atoms with E-state index in [9.17, 15) is 8.42 Å². The zero-order chi connectivity index (χ0) is 15.0. The molecular formula is C12H20BrN3O3S. The Bertz CT molecular complexity index is 523. The number of nitrogens with one attached hydrogen (secondary N) is 1. The first-order valence-corrected chi connectivity index (χ1v) is 8.73. The Labute approximate surface area is 128 Å². The first-order valence-electron chi connectivity index (χ1n) is 6.46. The van der Waals surface area contributed by atoms with Gasteiger partial charge in [-0.15, -0.1) is 0 Å². The molecule has 3 N–H and O–H groups in total. The molecule has 20 heavy (non-hydrogen) atoms. The van der Waals surface area contributed by atoms with Gasteiger partial charge in [0, 0.05) is 30.4 Å². The summed E-state index contributed by atoms with van der Waals surface area (Å²) in [4.78, 5) is 3.80. The van der Waals surface area contributed by atoms with Gasteiger partial charge in [0.2, 0.25) is 10.0 Å². The number of hydrogen-bond acceptors (Lipinski definition) is 5. The summed E-state index contributed by atoms with van der Waals surface area (Å²) in [6, 6.07) is 1.43. The quantitative estimate of drug-likeness (QED) is 0.651. The van der Waals surface area contributed by atoms with Crippen molar-refractivity contribution >= 4 is 31.8 Å². The molecule has 0 saturated heterocycles. The number of anilines is 1. The Morgan fingerprint density at radius 2 is 2.10 bits per heavy atom. The van der Waals surface area contributed by atoms with Crippen molar-refractivity contribution in [2.45, 2.75) is 31.1 Å². The molecule has 6 nitrogen and oxygen atoms in total. The minimum Gasteiger partial charge on any atom is -0.383 e. The van der Waals surface area contributed by atoms with Gasteiger partial charge in [0.1, 0.15) is 10.7 Å². The van der Waals surface area contributed by atoms with Crippen molar-refractivity contribution in [2.24, 2.45) is 0 Å². The number of halogens is 1. The van der Waals surface area contributed by atoms with E-state index in [1.165, 1.54) is 12.3 Å². The minimum atomic E-state index is -3.63. The highest BCUT2D eigenvalue weighted by atomic mass is 79.9. The summed E-state index contributed by atoms with van der Waals surface area (Å²) in [5, 5.41) is 0. The molecule has 8 heteroatoms. The van der Waals surface area contributed by atoms with E-state index in [4.69, 9.17) is 10.5 Å². The molecule has 0 unspecified atom stereocenters. The van der Waals surface area contributed by atoms with Gasteiger partial charge in [0.25, 0.3) is 0 Å². The zero-order valence-corrected chi connectivity index (χ0v) is 13.8. The second-order valence-electron chi connectivity index (χ2n) is 4.25. The molecule has 0 fully saturated rings. The molecule has 0 aliphatic rings. The molecule has 1 aromatic rings. The van der Waals surface area contributed by atoms with Crippen molar-refractivity contribution in [1.82, 2.24) is 9.71 Å². The first-order chi connectivity index (χ1) is 9.47. The summed E-state index contributed by atoms with van der Waals surface area (Å²) >= 11 is 3.18. The summed E-state index contributed by atoms with van der Waals surface area (Å²) in [6.07, 6.45) is 4.17. The second kappa shape index (κ2) is 8.56. The van der Waals surface area contributed by atoms with Crippen molar-refractivity contribution in [1.29, 1.82) is 0 Å². The van der Waals surface area contributed by atoms with E-state index in [1.807, 2.05) is 0 Å². The van der Waals surface area contributed by atoms with E-state index in [-0.39, 0.29) is 10.7 Å². The van der Waals surface area contributed by atoms with Crippen molar-refractivity contribution in [2.75, 3.05) is 25.5 Å². The molecule has 0 bridgehead atoms. The minimum absolute atomic E-state index is 0.0140. The number of aromatic nitrogens is 1. The molecule has 1 heterocycles. The lowest BCUT2D eigenvalue weighted by molar-refractivity contribution is 0.130. The van der Waals surface area contributed by atoms with Crippen LogP contribution in [0, 0.1) is 0 Å².